The number of nitriles is 1. The molecule has 0 radical (unpaired) electrons. The summed E-state index contributed by atoms with van der Waals surface area (Å²) in [5, 5.41) is 19.6. The van der Waals surface area contributed by atoms with E-state index in [1.165, 1.54) is 0 Å². The van der Waals surface area contributed by atoms with Gasteiger partial charge in [0.05, 0.1) is 11.6 Å². The van der Waals surface area contributed by atoms with Gasteiger partial charge in [0.25, 0.3) is 0 Å². The van der Waals surface area contributed by atoms with Crippen LogP contribution in [0.4, 0.5) is 0 Å². The lowest BCUT2D eigenvalue weighted by atomic mass is 9.87. The van der Waals surface area contributed by atoms with Crippen molar-refractivity contribution in [3.05, 3.63) is 53.1 Å². The maximum Gasteiger partial charge on any atom is 0.123 e. The summed E-state index contributed by atoms with van der Waals surface area (Å²) in [4.78, 5) is 0. The molecule has 0 aromatic heterocycles. The molecule has 0 aliphatic carbocycles. The van der Waals surface area contributed by atoms with Crippen molar-refractivity contribution in [3.8, 4) is 22.9 Å². The van der Waals surface area contributed by atoms with Crippen molar-refractivity contribution in [3.63, 3.8) is 0 Å². The van der Waals surface area contributed by atoms with E-state index in [2.05, 4.69) is 39.8 Å². The maximum atomic E-state index is 10.5. The fourth-order valence-electron chi connectivity index (χ4n) is 2.52. The van der Waals surface area contributed by atoms with Gasteiger partial charge in [0.1, 0.15) is 5.75 Å². The first-order valence-corrected chi connectivity index (χ1v) is 7.31. The molecule has 0 atom stereocenters. The van der Waals surface area contributed by atoms with Crippen LogP contribution in [0, 0.1) is 11.3 Å². The van der Waals surface area contributed by atoms with Gasteiger partial charge < -0.3 is 5.11 Å². The van der Waals surface area contributed by atoms with E-state index in [-0.39, 0.29) is 0 Å². The molecule has 2 nitrogen and oxygen atoms in total. The lowest BCUT2D eigenvalue weighted by molar-refractivity contribution is 0.475. The second-order valence-corrected chi connectivity index (χ2v) is 6.01. The molecule has 2 heteroatoms. The molecule has 0 saturated heterocycles. The van der Waals surface area contributed by atoms with Gasteiger partial charge in [-0.3, -0.25) is 0 Å². The van der Waals surface area contributed by atoms with Gasteiger partial charge in [-0.2, -0.15) is 5.26 Å². The fraction of sp³-hybridized carbons (Fsp3) is 0.316. The highest BCUT2D eigenvalue weighted by Gasteiger charge is 2.16. The highest BCUT2D eigenvalue weighted by molar-refractivity contribution is 5.76. The predicted octanol–water partition coefficient (Wildman–Crippen LogP) is 5.18. The molecule has 2 rings (SSSR count). The zero-order valence-corrected chi connectivity index (χ0v) is 13.0. The molecule has 1 N–H and O–H groups in total. The summed E-state index contributed by atoms with van der Waals surface area (Å²) in [6.07, 6.45) is 0. The molecule has 2 aromatic carbocycles. The zero-order chi connectivity index (χ0) is 15.6. The molecule has 108 valence electrons. The van der Waals surface area contributed by atoms with Gasteiger partial charge in [-0.25, -0.2) is 0 Å². The second kappa shape index (κ2) is 6.01. The number of phenolic OH excluding ortho intramolecular Hbond substituents is 1. The molecule has 0 unspecified atom stereocenters. The molecule has 0 heterocycles. The Morgan fingerprint density at radius 1 is 1.00 bits per heavy atom. The number of hydrogen-bond acceptors (Lipinski definition) is 2. The summed E-state index contributed by atoms with van der Waals surface area (Å²) in [6.45, 7) is 8.48. The lowest BCUT2D eigenvalue weighted by Crippen LogP contribution is -1.98. The average molecular weight is 279 g/mol. The standard InChI is InChI=1S/C19H21NO/c1-12(2)16-9-17(13(3)4)19(18(21)10-16)15-7-5-6-14(8-15)11-20/h5-10,12-13,21H,1-4H3. The molecule has 0 fully saturated rings. The molecular weight excluding hydrogens is 258 g/mol. The van der Waals surface area contributed by atoms with E-state index < -0.39 is 0 Å². The summed E-state index contributed by atoms with van der Waals surface area (Å²) in [5.41, 5.74) is 4.59. The quantitative estimate of drug-likeness (QED) is 0.841. The number of nitrogens with zero attached hydrogens (tertiary/aromatic N) is 1. The third-order valence-corrected chi connectivity index (χ3v) is 3.74. The van der Waals surface area contributed by atoms with Crippen LogP contribution in [0.15, 0.2) is 36.4 Å². The lowest BCUT2D eigenvalue weighted by Gasteiger charge is -2.18. The Morgan fingerprint density at radius 2 is 1.71 bits per heavy atom. The van der Waals surface area contributed by atoms with E-state index in [4.69, 9.17) is 5.26 Å². The van der Waals surface area contributed by atoms with Crippen molar-refractivity contribution in [2.24, 2.45) is 0 Å². The van der Waals surface area contributed by atoms with Gasteiger partial charge in [0.2, 0.25) is 0 Å². The second-order valence-electron chi connectivity index (χ2n) is 6.01. The Morgan fingerprint density at radius 3 is 2.29 bits per heavy atom. The Bertz CT molecular complexity index is 693. The first-order chi connectivity index (χ1) is 9.93. The van der Waals surface area contributed by atoms with Crippen molar-refractivity contribution in [1.82, 2.24) is 0 Å². The summed E-state index contributed by atoms with van der Waals surface area (Å²) in [7, 11) is 0. The minimum atomic E-state index is 0.292. The van der Waals surface area contributed by atoms with Gasteiger partial charge in [-0.1, -0.05) is 45.9 Å². The highest BCUT2D eigenvalue weighted by Crippen LogP contribution is 2.39. The first kappa shape index (κ1) is 15.1. The maximum absolute atomic E-state index is 10.5. The van der Waals surface area contributed by atoms with Gasteiger partial charge in [0.15, 0.2) is 0 Å². The van der Waals surface area contributed by atoms with E-state index in [0.717, 1.165) is 22.3 Å². The monoisotopic (exact) mass is 279 g/mol. The SMILES string of the molecule is CC(C)c1cc(O)c(-c2cccc(C#N)c2)c(C(C)C)c1. The summed E-state index contributed by atoms with van der Waals surface area (Å²) < 4.78 is 0. The predicted molar refractivity (Wildman–Crippen MR) is 86.4 cm³/mol. The van der Waals surface area contributed by atoms with Gasteiger partial charge in [0, 0.05) is 5.56 Å². The Kier molecular flexibility index (Phi) is 4.33. The van der Waals surface area contributed by atoms with E-state index in [9.17, 15) is 5.11 Å². The van der Waals surface area contributed by atoms with Crippen LogP contribution in [0.3, 0.4) is 0 Å². The molecule has 0 bridgehead atoms. The molecular formula is C19H21NO. The van der Waals surface area contributed by atoms with Crippen LogP contribution in [-0.4, -0.2) is 5.11 Å². The van der Waals surface area contributed by atoms with Crippen LogP contribution < -0.4 is 0 Å². The zero-order valence-electron chi connectivity index (χ0n) is 13.0. The van der Waals surface area contributed by atoms with Crippen LogP contribution in [-0.2, 0) is 0 Å². The Balaban J connectivity index is 2.70. The van der Waals surface area contributed by atoms with E-state index >= 15 is 0 Å². The van der Waals surface area contributed by atoms with Crippen molar-refractivity contribution < 1.29 is 5.11 Å². The fourth-order valence-corrected chi connectivity index (χ4v) is 2.52. The number of hydrogen-bond donors (Lipinski definition) is 1. The van der Waals surface area contributed by atoms with Gasteiger partial charge >= 0.3 is 0 Å². The van der Waals surface area contributed by atoms with Crippen LogP contribution in [0.5, 0.6) is 5.75 Å². The van der Waals surface area contributed by atoms with Crippen LogP contribution in [0.1, 0.15) is 56.2 Å². The van der Waals surface area contributed by atoms with Gasteiger partial charge in [-0.05, 0) is 46.7 Å². The van der Waals surface area contributed by atoms with Crippen molar-refractivity contribution in [2.75, 3.05) is 0 Å². The highest BCUT2D eigenvalue weighted by atomic mass is 16.3. The molecule has 0 amide bonds. The van der Waals surface area contributed by atoms with Crippen LogP contribution in [0.2, 0.25) is 0 Å². The normalized spacial score (nSPS) is 10.9. The van der Waals surface area contributed by atoms with Crippen molar-refractivity contribution >= 4 is 0 Å². The minimum Gasteiger partial charge on any atom is -0.507 e. The third kappa shape index (κ3) is 3.08. The number of rotatable bonds is 3. The smallest absolute Gasteiger partial charge is 0.123 e. The topological polar surface area (TPSA) is 44.0 Å². The number of aromatic hydroxyl groups is 1. The van der Waals surface area contributed by atoms with Crippen molar-refractivity contribution in [2.45, 2.75) is 39.5 Å². The molecule has 0 aliphatic heterocycles. The van der Waals surface area contributed by atoms with E-state index in [0.29, 0.717) is 23.1 Å². The van der Waals surface area contributed by atoms with E-state index in [1.807, 2.05) is 24.3 Å². The average Bonchev–Trinajstić information content (AvgIpc) is 2.46. The Labute approximate surface area is 126 Å². The first-order valence-electron chi connectivity index (χ1n) is 7.31. The van der Waals surface area contributed by atoms with Crippen LogP contribution in [0.25, 0.3) is 11.1 Å². The van der Waals surface area contributed by atoms with Crippen LogP contribution >= 0.6 is 0 Å². The molecule has 0 saturated carbocycles. The van der Waals surface area contributed by atoms with Gasteiger partial charge in [-0.15, -0.1) is 0 Å². The summed E-state index contributed by atoms with van der Waals surface area (Å²) in [5.74, 6) is 0.961. The number of benzene rings is 2. The molecule has 21 heavy (non-hydrogen) atoms. The molecule has 2 aromatic rings. The largest absolute Gasteiger partial charge is 0.507 e. The molecule has 0 spiro atoms. The number of phenols is 1. The third-order valence-electron chi connectivity index (χ3n) is 3.74. The summed E-state index contributed by atoms with van der Waals surface area (Å²) in [6, 6.07) is 13.6. The van der Waals surface area contributed by atoms with E-state index in [1.54, 1.807) is 6.07 Å². The molecule has 0 aliphatic rings. The summed E-state index contributed by atoms with van der Waals surface area (Å²) >= 11 is 0. The van der Waals surface area contributed by atoms with Crippen molar-refractivity contribution in [1.29, 1.82) is 5.26 Å². The Hall–Kier alpha value is -2.27. The minimum absolute atomic E-state index is 0.292.